The average Bonchev–Trinajstić information content (AvgIpc) is 2.84. The molecule has 0 amide bonds. The number of aromatic nitrogens is 2. The van der Waals surface area contributed by atoms with E-state index in [2.05, 4.69) is 9.97 Å². The summed E-state index contributed by atoms with van der Waals surface area (Å²) in [4.78, 5) is 34.0. The molecule has 0 saturated heterocycles. The van der Waals surface area contributed by atoms with E-state index < -0.39 is 16.7 Å². The number of nitrogens with zero attached hydrogens (tertiary/aromatic N) is 4. The molecule has 0 saturated carbocycles. The molecule has 0 unspecified atom stereocenters. The molecule has 0 fully saturated rings. The Morgan fingerprint density at radius 3 is 2.65 bits per heavy atom. The highest BCUT2D eigenvalue weighted by Crippen LogP contribution is 2.36. The Bertz CT molecular complexity index is 1270. The molecule has 2 aromatic carbocycles. The van der Waals surface area contributed by atoms with Gasteiger partial charge in [-0.1, -0.05) is 23.7 Å². The Balaban J connectivity index is 2.33. The lowest BCUT2D eigenvalue weighted by Crippen LogP contribution is -2.19. The molecule has 9 nitrogen and oxygen atoms in total. The highest BCUT2D eigenvalue weighted by molar-refractivity contribution is 6.30. The number of para-hydroxylation sites is 2. The smallest absolute Gasteiger partial charge is 0.357 e. The van der Waals surface area contributed by atoms with Crippen LogP contribution in [0.5, 0.6) is 0 Å². The summed E-state index contributed by atoms with van der Waals surface area (Å²) in [6, 6.07) is 10.0. The van der Waals surface area contributed by atoms with Crippen LogP contribution in [-0.2, 0) is 9.47 Å². The van der Waals surface area contributed by atoms with Crippen LogP contribution in [-0.4, -0.2) is 41.6 Å². The average molecular weight is 487 g/mol. The van der Waals surface area contributed by atoms with Crippen LogP contribution in [0.4, 0.5) is 21.6 Å². The minimum Gasteiger partial charge on any atom is -0.501 e. The van der Waals surface area contributed by atoms with Crippen molar-refractivity contribution in [1.29, 1.82) is 0 Å². The van der Waals surface area contributed by atoms with Crippen molar-refractivity contribution in [3.05, 3.63) is 80.9 Å². The van der Waals surface area contributed by atoms with Gasteiger partial charge in [-0.05, 0) is 37.3 Å². The van der Waals surface area contributed by atoms with E-state index in [1.807, 2.05) is 0 Å². The summed E-state index contributed by atoms with van der Waals surface area (Å²) in [6.07, 6.45) is 2.81. The van der Waals surface area contributed by atoms with Gasteiger partial charge in [0.15, 0.2) is 11.5 Å². The van der Waals surface area contributed by atoms with E-state index in [0.29, 0.717) is 6.61 Å². The molecule has 176 valence electrons. The fraction of sp³-hybridized carbons (Fsp3) is 0.174. The molecule has 11 heteroatoms. The number of anilines is 2. The maximum Gasteiger partial charge on any atom is 0.357 e. The topological polar surface area (TPSA) is 108 Å². The summed E-state index contributed by atoms with van der Waals surface area (Å²) in [5.74, 6) is -1.36. The Labute approximate surface area is 199 Å². The first-order valence-corrected chi connectivity index (χ1v) is 10.4. The zero-order valence-electron chi connectivity index (χ0n) is 18.5. The van der Waals surface area contributed by atoms with Crippen LogP contribution in [0.25, 0.3) is 17.5 Å². The first kappa shape index (κ1) is 24.6. The lowest BCUT2D eigenvalue weighted by molar-refractivity contribution is -0.384. The number of methoxy groups -OCH3 is 1. The van der Waals surface area contributed by atoms with Crippen molar-refractivity contribution < 1.29 is 23.6 Å². The number of hydrogen-bond acceptors (Lipinski definition) is 8. The van der Waals surface area contributed by atoms with Gasteiger partial charge >= 0.3 is 5.97 Å². The van der Waals surface area contributed by atoms with E-state index in [9.17, 15) is 19.3 Å². The van der Waals surface area contributed by atoms with E-state index >= 15 is 0 Å². The molecule has 0 radical (unpaired) electrons. The van der Waals surface area contributed by atoms with Crippen molar-refractivity contribution in [3.63, 3.8) is 0 Å². The first-order valence-electron chi connectivity index (χ1n) is 9.99. The number of rotatable bonds is 8. The monoisotopic (exact) mass is 486 g/mol. The number of nitro groups is 1. The molecular formula is C23H20ClFN4O5. The maximum atomic E-state index is 14.1. The zero-order chi connectivity index (χ0) is 24.8. The van der Waals surface area contributed by atoms with Gasteiger partial charge in [0.25, 0.3) is 5.69 Å². The number of carbonyl (C=O) groups excluding carboxylic acids is 1. The number of carbonyl (C=O) groups is 1. The number of nitro benzene ring substituents is 1. The van der Waals surface area contributed by atoms with Gasteiger partial charge < -0.3 is 14.4 Å². The van der Waals surface area contributed by atoms with Crippen molar-refractivity contribution in [3.8, 4) is 11.4 Å². The predicted molar refractivity (Wildman–Crippen MR) is 126 cm³/mol. The van der Waals surface area contributed by atoms with E-state index in [0.717, 1.165) is 6.07 Å². The molecule has 0 aliphatic carbocycles. The second-order valence-electron chi connectivity index (χ2n) is 6.82. The van der Waals surface area contributed by atoms with Crippen molar-refractivity contribution in [2.24, 2.45) is 0 Å². The van der Waals surface area contributed by atoms with Gasteiger partial charge in [0.05, 0.1) is 35.5 Å². The van der Waals surface area contributed by atoms with Crippen LogP contribution in [0.3, 0.4) is 0 Å². The van der Waals surface area contributed by atoms with Gasteiger partial charge in [-0.25, -0.2) is 19.2 Å². The Morgan fingerprint density at radius 1 is 1.26 bits per heavy atom. The minimum absolute atomic E-state index is 0.00930. The molecule has 0 atom stereocenters. The second-order valence-corrected chi connectivity index (χ2v) is 7.22. The highest BCUT2D eigenvalue weighted by Gasteiger charge is 2.26. The quantitative estimate of drug-likeness (QED) is 0.180. The maximum absolute atomic E-state index is 14.1. The summed E-state index contributed by atoms with van der Waals surface area (Å²) in [6.45, 7) is 2.14. The molecular weight excluding hydrogens is 467 g/mol. The summed E-state index contributed by atoms with van der Waals surface area (Å²) < 4.78 is 24.3. The number of ether oxygens (including phenoxy) is 2. The van der Waals surface area contributed by atoms with Gasteiger partial charge in [0.1, 0.15) is 17.3 Å². The predicted octanol–water partition coefficient (Wildman–Crippen LogP) is 5.41. The van der Waals surface area contributed by atoms with Crippen molar-refractivity contribution >= 4 is 40.8 Å². The molecule has 1 heterocycles. The zero-order valence-corrected chi connectivity index (χ0v) is 19.2. The number of halogens is 2. The van der Waals surface area contributed by atoms with Crippen LogP contribution in [0.15, 0.2) is 48.7 Å². The molecule has 1 aromatic heterocycles. The Kier molecular flexibility index (Phi) is 7.75. The molecule has 3 rings (SSSR count). The molecule has 0 aliphatic heterocycles. The summed E-state index contributed by atoms with van der Waals surface area (Å²) in [5.41, 5.74) is 0.325. The molecule has 0 N–H and O–H groups in total. The summed E-state index contributed by atoms with van der Waals surface area (Å²) in [5, 5.41) is 11.5. The fourth-order valence-corrected chi connectivity index (χ4v) is 3.23. The van der Waals surface area contributed by atoms with E-state index in [1.165, 1.54) is 54.7 Å². The number of hydrogen-bond donors (Lipinski definition) is 0. The Hall–Kier alpha value is -4.05. The lowest BCUT2D eigenvalue weighted by Gasteiger charge is -2.22. The van der Waals surface area contributed by atoms with Gasteiger partial charge in [-0.15, -0.1) is 0 Å². The van der Waals surface area contributed by atoms with Gasteiger partial charge in [-0.2, -0.15) is 0 Å². The third-order valence-corrected chi connectivity index (χ3v) is 5.04. The molecule has 3 aromatic rings. The third kappa shape index (κ3) is 5.12. The summed E-state index contributed by atoms with van der Waals surface area (Å²) in [7, 11) is 2.74. The van der Waals surface area contributed by atoms with Gasteiger partial charge in [-0.3, -0.25) is 10.1 Å². The third-order valence-electron chi connectivity index (χ3n) is 4.74. The second kappa shape index (κ2) is 10.7. The number of benzene rings is 2. The summed E-state index contributed by atoms with van der Waals surface area (Å²) >= 11 is 5.79. The van der Waals surface area contributed by atoms with Crippen molar-refractivity contribution in [2.45, 2.75) is 6.92 Å². The van der Waals surface area contributed by atoms with E-state index in [4.69, 9.17) is 21.1 Å². The molecule has 34 heavy (non-hydrogen) atoms. The molecule has 0 spiro atoms. The minimum atomic E-state index is -0.786. The van der Waals surface area contributed by atoms with Crippen molar-refractivity contribution in [1.82, 2.24) is 9.97 Å². The molecule has 0 bridgehead atoms. The van der Waals surface area contributed by atoms with Crippen LogP contribution in [0.1, 0.15) is 23.0 Å². The SMILES string of the molecule is CCO/C=C/c1c(C(=O)OC)nc(-c2ccc(Cl)c(F)c2)nc1N(C)c1ccccc1[N+](=O)[O-]. The van der Waals surface area contributed by atoms with Crippen molar-refractivity contribution in [2.75, 3.05) is 25.7 Å². The van der Waals surface area contributed by atoms with Gasteiger partial charge in [0, 0.05) is 18.7 Å². The van der Waals surface area contributed by atoms with Crippen LogP contribution in [0.2, 0.25) is 5.02 Å². The first-order chi connectivity index (χ1) is 16.3. The van der Waals surface area contributed by atoms with E-state index in [1.54, 1.807) is 20.0 Å². The van der Waals surface area contributed by atoms with Crippen LogP contribution >= 0.6 is 11.6 Å². The lowest BCUT2D eigenvalue weighted by atomic mass is 10.1. The number of esters is 1. The highest BCUT2D eigenvalue weighted by atomic mass is 35.5. The standard InChI is InChI=1S/C23H20ClFN4O5/c1-4-34-12-11-15-20(23(30)33-3)26-21(14-9-10-16(24)17(25)13-14)27-22(15)28(2)18-7-5-6-8-19(18)29(31)32/h5-13H,4H2,1-3H3/b12-11+. The van der Waals surface area contributed by atoms with Gasteiger partial charge in [0.2, 0.25) is 0 Å². The normalized spacial score (nSPS) is 10.9. The van der Waals surface area contributed by atoms with Crippen LogP contribution in [0, 0.1) is 15.9 Å². The largest absolute Gasteiger partial charge is 0.501 e. The Morgan fingerprint density at radius 2 is 2.00 bits per heavy atom. The van der Waals surface area contributed by atoms with E-state index in [-0.39, 0.29) is 44.9 Å². The molecule has 0 aliphatic rings. The fourth-order valence-electron chi connectivity index (χ4n) is 3.11. The van der Waals surface area contributed by atoms with Crippen LogP contribution < -0.4 is 4.90 Å².